The molecule has 1 aromatic rings. The van der Waals surface area contributed by atoms with Crippen LogP contribution in [0.2, 0.25) is 0 Å². The number of carbonyl (C=O) groups excluding carboxylic acids is 1. The maximum Gasteiger partial charge on any atom is 0.471 e. The van der Waals surface area contributed by atoms with E-state index in [9.17, 15) is 18.0 Å². The van der Waals surface area contributed by atoms with Gasteiger partial charge in [0.2, 0.25) is 0 Å². The van der Waals surface area contributed by atoms with Crippen molar-refractivity contribution in [2.75, 3.05) is 13.1 Å². The Bertz CT molecular complexity index is 535. The highest BCUT2D eigenvalue weighted by atomic mass is 32.2. The zero-order chi connectivity index (χ0) is 14.4. The number of alkyl halides is 3. The number of nitrogens with zero attached hydrogens (tertiary/aromatic N) is 1. The molecule has 3 rings (SSSR count). The van der Waals surface area contributed by atoms with Crippen molar-refractivity contribution in [3.8, 4) is 0 Å². The van der Waals surface area contributed by atoms with E-state index >= 15 is 0 Å². The molecule has 0 radical (unpaired) electrons. The van der Waals surface area contributed by atoms with Crippen molar-refractivity contribution in [1.82, 2.24) is 4.90 Å². The highest BCUT2D eigenvalue weighted by molar-refractivity contribution is 7.99. The second-order valence-electron chi connectivity index (χ2n) is 5.23. The fraction of sp³-hybridized carbons (Fsp3) is 0.500. The van der Waals surface area contributed by atoms with E-state index in [-0.39, 0.29) is 17.8 Å². The molecule has 2 aliphatic rings. The molecule has 0 N–H and O–H groups in total. The van der Waals surface area contributed by atoms with E-state index in [0.717, 1.165) is 10.7 Å². The second-order valence-corrected chi connectivity index (χ2v) is 6.59. The number of thioether (sulfide) groups is 1. The summed E-state index contributed by atoms with van der Waals surface area (Å²) in [4.78, 5) is 12.2. The third-order valence-corrected chi connectivity index (χ3v) is 5.75. The number of fused-ring (bicyclic) bond motifs is 2. The minimum absolute atomic E-state index is 0.0982. The summed E-state index contributed by atoms with van der Waals surface area (Å²) in [6.45, 7) is 0.360. The van der Waals surface area contributed by atoms with E-state index < -0.39 is 12.1 Å². The first-order valence-corrected chi connectivity index (χ1v) is 7.49. The number of likely N-dealkylation sites (tertiary alicyclic amines) is 1. The van der Waals surface area contributed by atoms with Gasteiger partial charge in [0, 0.05) is 23.6 Å². The Labute approximate surface area is 119 Å². The monoisotopic (exact) mass is 301 g/mol. The summed E-state index contributed by atoms with van der Waals surface area (Å²) in [7, 11) is 0. The number of hydrogen-bond acceptors (Lipinski definition) is 2. The fourth-order valence-corrected chi connectivity index (χ4v) is 4.56. The molecule has 2 nitrogen and oxygen atoms in total. The molecule has 20 heavy (non-hydrogen) atoms. The molecule has 1 aromatic carbocycles. The maximum absolute atomic E-state index is 12.4. The molecule has 2 aliphatic heterocycles. The molecule has 2 heterocycles. The van der Waals surface area contributed by atoms with Gasteiger partial charge in [0.1, 0.15) is 0 Å². The first-order chi connectivity index (χ1) is 9.42. The van der Waals surface area contributed by atoms with Gasteiger partial charge < -0.3 is 4.90 Å². The molecule has 1 spiro atoms. The summed E-state index contributed by atoms with van der Waals surface area (Å²) in [5, 5.41) is 0. The lowest BCUT2D eigenvalue weighted by Crippen LogP contribution is -2.48. The van der Waals surface area contributed by atoms with Crippen LogP contribution in [0.1, 0.15) is 24.0 Å². The van der Waals surface area contributed by atoms with Crippen LogP contribution in [0.5, 0.6) is 0 Å². The molecule has 0 aliphatic carbocycles. The Morgan fingerprint density at radius 2 is 1.85 bits per heavy atom. The third kappa shape index (κ3) is 2.20. The minimum Gasteiger partial charge on any atom is -0.335 e. The summed E-state index contributed by atoms with van der Waals surface area (Å²) in [6.07, 6.45) is -3.57. The van der Waals surface area contributed by atoms with Gasteiger partial charge in [-0.15, -0.1) is 11.8 Å². The molecular formula is C14H14F3NOS. The molecule has 0 unspecified atom stereocenters. The summed E-state index contributed by atoms with van der Waals surface area (Å²) < 4.78 is 37.2. The normalized spacial score (nSPS) is 21.1. The molecule has 0 saturated carbocycles. The van der Waals surface area contributed by atoms with Crippen LogP contribution >= 0.6 is 11.8 Å². The van der Waals surface area contributed by atoms with Gasteiger partial charge in [0.25, 0.3) is 0 Å². The number of carbonyl (C=O) groups is 1. The van der Waals surface area contributed by atoms with Crippen LogP contribution in [0.25, 0.3) is 0 Å². The van der Waals surface area contributed by atoms with Gasteiger partial charge in [0.15, 0.2) is 0 Å². The molecular weight excluding hydrogens is 287 g/mol. The van der Waals surface area contributed by atoms with Crippen molar-refractivity contribution < 1.29 is 18.0 Å². The van der Waals surface area contributed by atoms with E-state index in [1.54, 1.807) is 11.8 Å². The fourth-order valence-electron chi connectivity index (χ4n) is 3.05. The molecule has 108 valence electrons. The van der Waals surface area contributed by atoms with Gasteiger partial charge in [-0.1, -0.05) is 24.3 Å². The summed E-state index contributed by atoms with van der Waals surface area (Å²) in [6, 6.07) is 8.10. The maximum atomic E-state index is 12.4. The minimum atomic E-state index is -4.76. The van der Waals surface area contributed by atoms with Crippen molar-refractivity contribution in [3.05, 3.63) is 35.4 Å². The topological polar surface area (TPSA) is 20.3 Å². The molecule has 0 atom stereocenters. The Morgan fingerprint density at radius 3 is 2.50 bits per heavy atom. The van der Waals surface area contributed by atoms with Gasteiger partial charge >= 0.3 is 12.1 Å². The quantitative estimate of drug-likeness (QED) is 0.733. The van der Waals surface area contributed by atoms with Crippen molar-refractivity contribution >= 4 is 17.7 Å². The van der Waals surface area contributed by atoms with E-state index in [0.29, 0.717) is 12.8 Å². The van der Waals surface area contributed by atoms with Crippen LogP contribution in [0, 0.1) is 0 Å². The van der Waals surface area contributed by atoms with Gasteiger partial charge in [-0.05, 0) is 24.0 Å². The first-order valence-electron chi connectivity index (χ1n) is 6.51. The summed E-state index contributed by atoms with van der Waals surface area (Å²) >= 11 is 1.80. The van der Waals surface area contributed by atoms with Gasteiger partial charge in [-0.25, -0.2) is 0 Å². The van der Waals surface area contributed by atoms with E-state index in [4.69, 9.17) is 0 Å². The standard InChI is InChI=1S/C14H14F3NOS/c15-14(16,17)12(19)18-7-5-13(6-8-18)11-4-2-1-3-10(11)9-20-13/h1-4H,5-9H2. The average Bonchev–Trinajstić information content (AvgIpc) is 2.78. The smallest absolute Gasteiger partial charge is 0.335 e. The molecule has 0 bridgehead atoms. The number of halogens is 3. The molecule has 0 aromatic heterocycles. The Balaban J connectivity index is 1.76. The lowest BCUT2D eigenvalue weighted by atomic mass is 9.86. The Hall–Kier alpha value is -1.17. The zero-order valence-electron chi connectivity index (χ0n) is 10.7. The number of rotatable bonds is 0. The van der Waals surface area contributed by atoms with Crippen LogP contribution in [0.3, 0.4) is 0 Å². The molecule has 1 amide bonds. The van der Waals surface area contributed by atoms with Crippen LogP contribution in [-0.4, -0.2) is 30.1 Å². The number of benzene rings is 1. The van der Waals surface area contributed by atoms with E-state index in [2.05, 4.69) is 12.1 Å². The van der Waals surface area contributed by atoms with Crippen molar-refractivity contribution in [2.24, 2.45) is 0 Å². The largest absolute Gasteiger partial charge is 0.471 e. The number of hydrogen-bond donors (Lipinski definition) is 0. The van der Waals surface area contributed by atoms with E-state index in [1.165, 1.54) is 11.1 Å². The van der Waals surface area contributed by atoms with Gasteiger partial charge in [-0.2, -0.15) is 13.2 Å². The van der Waals surface area contributed by atoms with Gasteiger partial charge in [-0.3, -0.25) is 4.79 Å². The first kappa shape index (κ1) is 13.8. The predicted octanol–water partition coefficient (Wildman–Crippen LogP) is 3.31. The molecule has 6 heteroatoms. The van der Waals surface area contributed by atoms with Crippen molar-refractivity contribution in [1.29, 1.82) is 0 Å². The highest BCUT2D eigenvalue weighted by Crippen LogP contribution is 2.53. The third-order valence-electron chi connectivity index (χ3n) is 4.11. The Morgan fingerprint density at radius 1 is 1.20 bits per heavy atom. The number of amides is 1. The predicted molar refractivity (Wildman–Crippen MR) is 71.3 cm³/mol. The van der Waals surface area contributed by atoms with Crippen molar-refractivity contribution in [2.45, 2.75) is 29.5 Å². The summed E-state index contributed by atoms with van der Waals surface area (Å²) in [5.41, 5.74) is 2.51. The number of piperidine rings is 1. The van der Waals surface area contributed by atoms with Crippen LogP contribution in [0.15, 0.2) is 24.3 Å². The lowest BCUT2D eigenvalue weighted by Gasteiger charge is -2.39. The van der Waals surface area contributed by atoms with E-state index in [1.807, 2.05) is 12.1 Å². The van der Waals surface area contributed by atoms with Crippen molar-refractivity contribution in [3.63, 3.8) is 0 Å². The Kier molecular flexibility index (Phi) is 3.23. The van der Waals surface area contributed by atoms with Gasteiger partial charge in [0.05, 0.1) is 0 Å². The lowest BCUT2D eigenvalue weighted by molar-refractivity contribution is -0.186. The SMILES string of the molecule is O=C(N1CCC2(CC1)SCc1ccccc12)C(F)(F)F. The molecule has 1 saturated heterocycles. The second kappa shape index (κ2) is 4.69. The average molecular weight is 301 g/mol. The van der Waals surface area contributed by atoms with Crippen LogP contribution in [0.4, 0.5) is 13.2 Å². The van der Waals surface area contributed by atoms with Crippen LogP contribution in [-0.2, 0) is 15.3 Å². The van der Waals surface area contributed by atoms with Crippen LogP contribution < -0.4 is 0 Å². The zero-order valence-corrected chi connectivity index (χ0v) is 11.6. The summed E-state index contributed by atoms with van der Waals surface area (Å²) in [5.74, 6) is -0.799. The molecule has 1 fully saturated rings. The highest BCUT2D eigenvalue weighted by Gasteiger charge is 2.47.